The van der Waals surface area contributed by atoms with Crippen LogP contribution in [0.25, 0.3) is 0 Å². The summed E-state index contributed by atoms with van der Waals surface area (Å²) < 4.78 is 34.2. The van der Waals surface area contributed by atoms with Crippen molar-refractivity contribution in [3.63, 3.8) is 0 Å². The molecule has 1 aliphatic heterocycles. The fourth-order valence-electron chi connectivity index (χ4n) is 3.98. The number of benzene rings is 1. The zero-order chi connectivity index (χ0) is 19.8. The number of nitrogen functional groups attached to an aromatic ring is 1. The number of anilines is 1. The Bertz CT molecular complexity index is 776. The average Bonchev–Trinajstić information content (AvgIpc) is 2.56. The molecule has 2 N–H and O–H groups in total. The van der Waals surface area contributed by atoms with Gasteiger partial charge in [-0.2, -0.15) is 0 Å². The first-order chi connectivity index (χ1) is 12.6. The Balaban J connectivity index is 2.00. The summed E-state index contributed by atoms with van der Waals surface area (Å²) in [5, 5.41) is 0.615. The molecule has 1 aliphatic carbocycles. The van der Waals surface area contributed by atoms with Crippen LogP contribution >= 0.6 is 11.8 Å². The van der Waals surface area contributed by atoms with Crippen LogP contribution in [0.1, 0.15) is 58.4 Å². The molecule has 0 aromatic heterocycles. The quantitative estimate of drug-likeness (QED) is 0.588. The van der Waals surface area contributed by atoms with Gasteiger partial charge in [-0.05, 0) is 51.7 Å². The van der Waals surface area contributed by atoms with Crippen LogP contribution in [0.2, 0.25) is 0 Å². The molecule has 4 nitrogen and oxygen atoms in total. The van der Waals surface area contributed by atoms with Crippen LogP contribution in [0.3, 0.4) is 0 Å². The summed E-state index contributed by atoms with van der Waals surface area (Å²) >= 11 is 1.51. The van der Waals surface area contributed by atoms with Gasteiger partial charge in [0.25, 0.3) is 0 Å². The fraction of sp³-hybridized carbons (Fsp3) is 0.600. The van der Waals surface area contributed by atoms with E-state index in [1.54, 1.807) is 0 Å². The van der Waals surface area contributed by atoms with Crippen LogP contribution in [0.4, 0.5) is 14.5 Å². The number of ether oxygens (including phenoxy) is 1. The largest absolute Gasteiger partial charge is 0.460 e. The van der Waals surface area contributed by atoms with Gasteiger partial charge in [0, 0.05) is 17.0 Å². The van der Waals surface area contributed by atoms with Gasteiger partial charge in [-0.3, -0.25) is 9.79 Å². The molecule has 0 saturated heterocycles. The van der Waals surface area contributed by atoms with Crippen LogP contribution < -0.4 is 5.73 Å². The Kier molecular flexibility index (Phi) is 5.52. The molecular formula is C20H26F2N2O2S. The summed E-state index contributed by atoms with van der Waals surface area (Å²) in [5.74, 6) is -1.39. The molecule has 2 aliphatic rings. The van der Waals surface area contributed by atoms with E-state index >= 15 is 0 Å². The van der Waals surface area contributed by atoms with Gasteiger partial charge in [-0.25, -0.2) is 8.78 Å². The molecule has 0 amide bonds. The molecule has 0 radical (unpaired) electrons. The lowest BCUT2D eigenvalue weighted by Gasteiger charge is -2.45. The Morgan fingerprint density at radius 1 is 1.37 bits per heavy atom. The monoisotopic (exact) mass is 396 g/mol. The number of carbonyl (C=O) groups excluding carboxylic acids is 1. The summed E-state index contributed by atoms with van der Waals surface area (Å²) in [6.45, 7) is 5.43. The minimum atomic E-state index is -0.953. The second-order valence-electron chi connectivity index (χ2n) is 8.31. The zero-order valence-electron chi connectivity index (χ0n) is 16.0. The smallest absolute Gasteiger partial charge is 0.312 e. The van der Waals surface area contributed by atoms with Gasteiger partial charge in [0.2, 0.25) is 0 Å². The molecule has 2 atom stereocenters. The van der Waals surface area contributed by atoms with E-state index < -0.39 is 22.8 Å². The molecule has 148 valence electrons. The number of nitrogens with two attached hydrogens (primary N) is 1. The number of carbonyl (C=O) groups is 1. The Labute approximate surface area is 162 Å². The first-order valence-electron chi connectivity index (χ1n) is 9.29. The molecule has 0 unspecified atom stereocenters. The third kappa shape index (κ3) is 4.28. The van der Waals surface area contributed by atoms with Gasteiger partial charge in [0.15, 0.2) is 11.6 Å². The Morgan fingerprint density at radius 3 is 2.81 bits per heavy atom. The van der Waals surface area contributed by atoms with Crippen LogP contribution in [0.15, 0.2) is 17.1 Å². The molecule has 1 aromatic carbocycles. The van der Waals surface area contributed by atoms with Crippen molar-refractivity contribution >= 4 is 28.5 Å². The van der Waals surface area contributed by atoms with E-state index in [0.29, 0.717) is 11.5 Å². The minimum Gasteiger partial charge on any atom is -0.460 e. The second-order valence-corrected chi connectivity index (χ2v) is 9.40. The van der Waals surface area contributed by atoms with Crippen molar-refractivity contribution in [3.8, 4) is 0 Å². The van der Waals surface area contributed by atoms with Crippen molar-refractivity contribution in [1.82, 2.24) is 0 Å². The first-order valence-corrected chi connectivity index (χ1v) is 10.3. The average molecular weight is 397 g/mol. The minimum absolute atomic E-state index is 0.0445. The lowest BCUT2D eigenvalue weighted by molar-refractivity contribution is -0.153. The van der Waals surface area contributed by atoms with Crippen molar-refractivity contribution in [3.05, 3.63) is 29.3 Å². The van der Waals surface area contributed by atoms with Gasteiger partial charge in [-0.1, -0.05) is 12.8 Å². The maximum atomic E-state index is 14.7. The number of esters is 1. The third-order valence-electron chi connectivity index (χ3n) is 5.04. The topological polar surface area (TPSA) is 64.7 Å². The summed E-state index contributed by atoms with van der Waals surface area (Å²) in [4.78, 5) is 17.1. The number of hydrogen-bond donors (Lipinski definition) is 1. The van der Waals surface area contributed by atoms with E-state index in [1.165, 1.54) is 17.8 Å². The van der Waals surface area contributed by atoms with Crippen molar-refractivity contribution in [2.45, 2.75) is 64.0 Å². The van der Waals surface area contributed by atoms with Crippen molar-refractivity contribution < 1.29 is 18.3 Å². The van der Waals surface area contributed by atoms with Gasteiger partial charge in [0.1, 0.15) is 5.60 Å². The fourth-order valence-corrected chi connectivity index (χ4v) is 5.26. The number of fused-ring (bicyclic) bond motifs is 1. The van der Waals surface area contributed by atoms with Gasteiger partial charge in [0.05, 0.1) is 17.0 Å². The molecule has 1 fully saturated rings. The highest BCUT2D eigenvalue weighted by Gasteiger charge is 2.47. The van der Waals surface area contributed by atoms with Gasteiger partial charge < -0.3 is 10.5 Å². The summed E-state index contributed by atoms with van der Waals surface area (Å²) in [6, 6.07) is 2.50. The lowest BCUT2D eigenvalue weighted by atomic mass is 9.69. The maximum Gasteiger partial charge on any atom is 0.312 e. The molecular weight excluding hydrogens is 370 g/mol. The van der Waals surface area contributed by atoms with Gasteiger partial charge in [-0.15, -0.1) is 11.8 Å². The SMILES string of the molecule is CC(C)(C)OC(=O)CC1=N[C@@]2(c3cc(N)cc(F)c3F)CCCC[C@H]2CS1. The van der Waals surface area contributed by atoms with E-state index in [0.717, 1.165) is 31.1 Å². The molecule has 0 spiro atoms. The van der Waals surface area contributed by atoms with Crippen molar-refractivity contribution in [1.29, 1.82) is 0 Å². The molecule has 3 rings (SSSR count). The van der Waals surface area contributed by atoms with E-state index in [2.05, 4.69) is 0 Å². The van der Waals surface area contributed by atoms with Gasteiger partial charge >= 0.3 is 5.97 Å². The number of thioether (sulfide) groups is 1. The van der Waals surface area contributed by atoms with Crippen molar-refractivity contribution in [2.75, 3.05) is 11.5 Å². The first kappa shape index (κ1) is 20.1. The second kappa shape index (κ2) is 7.41. The summed E-state index contributed by atoms with van der Waals surface area (Å²) in [6.07, 6.45) is 3.47. The number of aliphatic imine (C=N–C) groups is 1. The molecule has 1 heterocycles. The standard InChI is InChI=1S/C20H26F2N2O2S/c1-19(2,3)26-17(25)10-16-24-20(7-5-4-6-12(20)11-27-16)14-8-13(23)9-15(21)18(14)22/h8-9,12H,4-7,10-11,23H2,1-3H3/t12-,20-/m0/s1. The molecule has 7 heteroatoms. The molecule has 27 heavy (non-hydrogen) atoms. The van der Waals surface area contributed by atoms with Crippen LogP contribution in [-0.2, 0) is 15.1 Å². The van der Waals surface area contributed by atoms with Crippen LogP contribution in [-0.4, -0.2) is 22.4 Å². The van der Waals surface area contributed by atoms with Crippen LogP contribution in [0, 0.1) is 17.6 Å². The highest BCUT2D eigenvalue weighted by molar-refractivity contribution is 8.14. The normalized spacial score (nSPS) is 25.5. The maximum absolute atomic E-state index is 14.7. The van der Waals surface area contributed by atoms with E-state index in [4.69, 9.17) is 15.5 Å². The zero-order valence-corrected chi connectivity index (χ0v) is 16.8. The molecule has 1 aromatic rings. The number of nitrogens with zero attached hydrogens (tertiary/aromatic N) is 1. The third-order valence-corrected chi connectivity index (χ3v) is 6.18. The summed E-state index contributed by atoms with van der Waals surface area (Å²) in [7, 11) is 0. The lowest BCUT2D eigenvalue weighted by Crippen LogP contribution is -2.42. The Hall–Kier alpha value is -1.63. The highest BCUT2D eigenvalue weighted by Crippen LogP contribution is 2.51. The highest BCUT2D eigenvalue weighted by atomic mass is 32.2. The number of hydrogen-bond acceptors (Lipinski definition) is 5. The Morgan fingerprint density at radius 2 is 2.11 bits per heavy atom. The van der Waals surface area contributed by atoms with Crippen molar-refractivity contribution in [2.24, 2.45) is 10.9 Å². The predicted octanol–water partition coefficient (Wildman–Crippen LogP) is 4.81. The predicted molar refractivity (Wildman–Crippen MR) is 105 cm³/mol. The number of halogens is 2. The van der Waals surface area contributed by atoms with E-state index in [1.807, 2.05) is 20.8 Å². The van der Waals surface area contributed by atoms with E-state index in [-0.39, 0.29) is 29.6 Å². The molecule has 1 saturated carbocycles. The van der Waals surface area contributed by atoms with Crippen LogP contribution in [0.5, 0.6) is 0 Å². The number of rotatable bonds is 3. The summed E-state index contributed by atoms with van der Waals surface area (Å²) in [5.41, 5.74) is 4.77. The molecule has 0 bridgehead atoms. The van der Waals surface area contributed by atoms with E-state index in [9.17, 15) is 13.6 Å².